The van der Waals surface area contributed by atoms with Gasteiger partial charge in [-0.15, -0.1) is 0 Å². The van der Waals surface area contributed by atoms with Crippen LogP contribution in [0.3, 0.4) is 0 Å². The van der Waals surface area contributed by atoms with E-state index in [1.807, 2.05) is 0 Å². The fraction of sp³-hybridized carbons (Fsp3) is 0.462. The Kier molecular flexibility index (Phi) is 2.70. The Morgan fingerprint density at radius 1 is 1.44 bits per heavy atom. The summed E-state index contributed by atoms with van der Waals surface area (Å²) in [4.78, 5) is 13.9. The molecule has 96 valence electrons. The van der Waals surface area contributed by atoms with Crippen LogP contribution in [0.2, 0.25) is 0 Å². The zero-order valence-electron chi connectivity index (χ0n) is 9.90. The smallest absolute Gasteiger partial charge is 0.256 e. The molecule has 5 heteroatoms. The molecular weight excluding hydrogens is 235 g/mol. The van der Waals surface area contributed by atoms with Gasteiger partial charge >= 0.3 is 0 Å². The van der Waals surface area contributed by atoms with Gasteiger partial charge in [-0.1, -0.05) is 0 Å². The van der Waals surface area contributed by atoms with E-state index in [0.717, 1.165) is 19.0 Å². The molecule has 1 aromatic rings. The maximum atomic E-state index is 13.6. The number of phenols is 1. The Morgan fingerprint density at radius 3 is 3.00 bits per heavy atom. The molecule has 0 bridgehead atoms. The number of hydrogen-bond donors (Lipinski definition) is 2. The van der Waals surface area contributed by atoms with Crippen LogP contribution in [0.25, 0.3) is 0 Å². The number of rotatable bonds is 1. The molecule has 0 aliphatic carbocycles. The van der Waals surface area contributed by atoms with Crippen molar-refractivity contribution in [3.63, 3.8) is 0 Å². The van der Waals surface area contributed by atoms with Crippen LogP contribution < -0.4 is 5.32 Å². The van der Waals surface area contributed by atoms with E-state index >= 15 is 0 Å². The first kappa shape index (κ1) is 11.5. The lowest BCUT2D eigenvalue weighted by Gasteiger charge is -2.17. The third-order valence-corrected chi connectivity index (χ3v) is 3.83. The summed E-state index contributed by atoms with van der Waals surface area (Å²) in [5.41, 5.74) is 0.0350. The summed E-state index contributed by atoms with van der Waals surface area (Å²) in [6, 6.07) is 4.01. The van der Waals surface area contributed by atoms with E-state index in [4.69, 9.17) is 5.11 Å². The molecule has 2 heterocycles. The summed E-state index contributed by atoms with van der Waals surface area (Å²) in [6.07, 6.45) is 1.08. The second-order valence-electron chi connectivity index (χ2n) is 4.98. The van der Waals surface area contributed by atoms with Crippen molar-refractivity contribution in [3.8, 4) is 5.75 Å². The van der Waals surface area contributed by atoms with Crippen LogP contribution in [0.1, 0.15) is 16.8 Å². The molecule has 2 fully saturated rings. The Bertz CT molecular complexity index is 480. The number of benzene rings is 1. The van der Waals surface area contributed by atoms with Gasteiger partial charge in [0.1, 0.15) is 11.6 Å². The van der Waals surface area contributed by atoms with Crippen LogP contribution in [0.4, 0.5) is 4.39 Å². The van der Waals surface area contributed by atoms with Crippen LogP contribution in [-0.4, -0.2) is 41.6 Å². The molecule has 2 atom stereocenters. The highest BCUT2D eigenvalue weighted by atomic mass is 19.1. The number of amides is 1. The van der Waals surface area contributed by atoms with E-state index in [9.17, 15) is 9.18 Å². The van der Waals surface area contributed by atoms with Gasteiger partial charge in [0.05, 0.1) is 5.56 Å². The maximum absolute atomic E-state index is 13.6. The molecule has 2 N–H and O–H groups in total. The van der Waals surface area contributed by atoms with Crippen molar-refractivity contribution in [1.29, 1.82) is 0 Å². The van der Waals surface area contributed by atoms with E-state index in [1.54, 1.807) is 4.90 Å². The predicted octanol–water partition coefficient (Wildman–Crippen LogP) is 0.965. The zero-order valence-corrected chi connectivity index (χ0v) is 9.90. The first-order valence-electron chi connectivity index (χ1n) is 6.16. The number of nitrogens with zero attached hydrogens (tertiary/aromatic N) is 1. The zero-order chi connectivity index (χ0) is 12.7. The molecular formula is C13H15FN2O2. The molecule has 0 aromatic heterocycles. The molecule has 0 unspecified atom stereocenters. The van der Waals surface area contributed by atoms with E-state index in [-0.39, 0.29) is 17.2 Å². The van der Waals surface area contributed by atoms with Gasteiger partial charge in [-0.25, -0.2) is 4.39 Å². The summed E-state index contributed by atoms with van der Waals surface area (Å²) in [5, 5.41) is 12.5. The SMILES string of the molecule is O=C(c1ccc(O)cc1F)N1C[C@@H]2CCN[C@@H]2C1. The summed E-state index contributed by atoms with van der Waals surface area (Å²) >= 11 is 0. The number of aromatic hydroxyl groups is 1. The minimum Gasteiger partial charge on any atom is -0.508 e. The summed E-state index contributed by atoms with van der Waals surface area (Å²) < 4.78 is 13.6. The third-order valence-electron chi connectivity index (χ3n) is 3.83. The summed E-state index contributed by atoms with van der Waals surface area (Å²) in [7, 11) is 0. The van der Waals surface area contributed by atoms with Crippen LogP contribution in [0.15, 0.2) is 18.2 Å². The number of hydrogen-bond acceptors (Lipinski definition) is 3. The first-order valence-corrected chi connectivity index (χ1v) is 6.16. The van der Waals surface area contributed by atoms with E-state index in [1.165, 1.54) is 12.1 Å². The predicted molar refractivity (Wildman–Crippen MR) is 63.9 cm³/mol. The average Bonchev–Trinajstić information content (AvgIpc) is 2.87. The average molecular weight is 250 g/mol. The van der Waals surface area contributed by atoms with Gasteiger partial charge in [-0.05, 0) is 31.0 Å². The van der Waals surface area contributed by atoms with Crippen LogP contribution in [0.5, 0.6) is 5.75 Å². The van der Waals surface area contributed by atoms with Gasteiger partial charge in [-0.3, -0.25) is 4.79 Å². The number of nitrogens with one attached hydrogen (secondary N) is 1. The monoisotopic (exact) mass is 250 g/mol. The molecule has 2 aliphatic rings. The minimum atomic E-state index is -0.662. The highest BCUT2D eigenvalue weighted by molar-refractivity contribution is 5.94. The van der Waals surface area contributed by atoms with Crippen molar-refractivity contribution in [2.45, 2.75) is 12.5 Å². The van der Waals surface area contributed by atoms with Crippen LogP contribution >= 0.6 is 0 Å². The van der Waals surface area contributed by atoms with Crippen molar-refractivity contribution >= 4 is 5.91 Å². The van der Waals surface area contributed by atoms with Gasteiger partial charge in [-0.2, -0.15) is 0 Å². The summed E-state index contributed by atoms with van der Waals surface area (Å²) in [5.74, 6) is -0.619. The standard InChI is InChI=1S/C13H15FN2O2/c14-11-5-9(17)1-2-10(11)13(18)16-6-8-3-4-15-12(8)7-16/h1-2,5,8,12,15,17H,3-4,6-7H2/t8-,12+/m0/s1. The topological polar surface area (TPSA) is 52.6 Å². The number of likely N-dealkylation sites (tertiary alicyclic amines) is 1. The largest absolute Gasteiger partial charge is 0.508 e. The second-order valence-corrected chi connectivity index (χ2v) is 4.98. The second kappa shape index (κ2) is 4.24. The number of carbonyl (C=O) groups is 1. The Balaban J connectivity index is 1.79. The number of phenolic OH excluding ortho intramolecular Hbond substituents is 1. The lowest BCUT2D eigenvalue weighted by Crippen LogP contribution is -2.34. The molecule has 0 spiro atoms. The number of halogens is 1. The minimum absolute atomic E-state index is 0.0350. The van der Waals surface area contributed by atoms with Crippen molar-refractivity contribution in [2.75, 3.05) is 19.6 Å². The quantitative estimate of drug-likeness (QED) is 0.780. The fourth-order valence-corrected chi connectivity index (χ4v) is 2.86. The molecule has 1 amide bonds. The Morgan fingerprint density at radius 2 is 2.28 bits per heavy atom. The lowest BCUT2D eigenvalue weighted by molar-refractivity contribution is 0.0778. The van der Waals surface area contributed by atoms with E-state index in [0.29, 0.717) is 25.0 Å². The van der Waals surface area contributed by atoms with E-state index in [2.05, 4.69) is 5.32 Å². The van der Waals surface area contributed by atoms with Crippen molar-refractivity contribution in [1.82, 2.24) is 10.2 Å². The molecule has 2 saturated heterocycles. The first-order chi connectivity index (χ1) is 8.65. The van der Waals surface area contributed by atoms with Crippen molar-refractivity contribution in [2.24, 2.45) is 5.92 Å². The molecule has 0 saturated carbocycles. The molecule has 3 rings (SSSR count). The number of fused-ring (bicyclic) bond motifs is 1. The molecule has 4 nitrogen and oxygen atoms in total. The van der Waals surface area contributed by atoms with Crippen LogP contribution in [0, 0.1) is 11.7 Å². The molecule has 1 aromatic carbocycles. The lowest BCUT2D eigenvalue weighted by atomic mass is 10.1. The maximum Gasteiger partial charge on any atom is 0.256 e. The highest BCUT2D eigenvalue weighted by Crippen LogP contribution is 2.26. The van der Waals surface area contributed by atoms with Gasteiger partial charge < -0.3 is 15.3 Å². The summed E-state index contributed by atoms with van der Waals surface area (Å²) in [6.45, 7) is 2.34. The van der Waals surface area contributed by atoms with Crippen molar-refractivity contribution in [3.05, 3.63) is 29.6 Å². The fourth-order valence-electron chi connectivity index (χ4n) is 2.86. The van der Waals surface area contributed by atoms with Gasteiger partial charge in [0.15, 0.2) is 0 Å². The Hall–Kier alpha value is -1.62. The van der Waals surface area contributed by atoms with Crippen LogP contribution in [-0.2, 0) is 0 Å². The van der Waals surface area contributed by atoms with Crippen molar-refractivity contribution < 1.29 is 14.3 Å². The third kappa shape index (κ3) is 1.84. The normalized spacial score (nSPS) is 26.4. The Labute approximate surface area is 104 Å². The van der Waals surface area contributed by atoms with Gasteiger partial charge in [0.2, 0.25) is 0 Å². The van der Waals surface area contributed by atoms with Gasteiger partial charge in [0, 0.05) is 25.2 Å². The highest BCUT2D eigenvalue weighted by Gasteiger charge is 2.38. The molecule has 0 radical (unpaired) electrons. The van der Waals surface area contributed by atoms with E-state index < -0.39 is 5.82 Å². The molecule has 2 aliphatic heterocycles. The van der Waals surface area contributed by atoms with Gasteiger partial charge in [0.25, 0.3) is 5.91 Å². The number of carbonyl (C=O) groups excluding carboxylic acids is 1. The molecule has 18 heavy (non-hydrogen) atoms.